The third-order valence-corrected chi connectivity index (χ3v) is 11.7. The van der Waals surface area contributed by atoms with Gasteiger partial charge in [0.1, 0.15) is 5.02 Å². The zero-order chi connectivity index (χ0) is 25.4. The Balaban J connectivity index is 1.58. The maximum atomic E-state index is 12.9. The van der Waals surface area contributed by atoms with Crippen LogP contribution in [0.15, 0.2) is 24.4 Å². The molecule has 0 radical (unpaired) electrons. The van der Waals surface area contributed by atoms with E-state index in [-0.39, 0.29) is 11.0 Å². The lowest BCUT2D eigenvalue weighted by atomic mass is 9.94. The van der Waals surface area contributed by atoms with Crippen molar-refractivity contribution in [1.29, 1.82) is 0 Å². The lowest BCUT2D eigenvalue weighted by Gasteiger charge is -2.37. The van der Waals surface area contributed by atoms with Crippen molar-refractivity contribution in [3.63, 3.8) is 0 Å². The number of carbonyl (C=O) groups is 1. The number of nitrogens with zero attached hydrogens (tertiary/aromatic N) is 3. The number of anilines is 2. The van der Waals surface area contributed by atoms with Crippen molar-refractivity contribution in [1.82, 2.24) is 20.2 Å². The summed E-state index contributed by atoms with van der Waals surface area (Å²) in [5.41, 5.74) is 1.11. The van der Waals surface area contributed by atoms with Gasteiger partial charge in [0, 0.05) is 22.6 Å². The normalized spacial score (nSPS) is 15.2. The molecular weight excluding hydrogens is 502 g/mol. The van der Waals surface area contributed by atoms with Crippen molar-refractivity contribution < 1.29 is 14.3 Å². The predicted molar refractivity (Wildman–Crippen MR) is 142 cm³/mol. The second-order valence-corrected chi connectivity index (χ2v) is 16.1. The first-order valence-corrected chi connectivity index (χ1v) is 16.0. The Morgan fingerprint density at radius 1 is 1.40 bits per heavy atom. The van der Waals surface area contributed by atoms with Crippen molar-refractivity contribution in [2.45, 2.75) is 70.0 Å². The molecule has 1 aliphatic rings. The molecule has 1 fully saturated rings. The van der Waals surface area contributed by atoms with Crippen LogP contribution in [-0.2, 0) is 9.53 Å². The van der Waals surface area contributed by atoms with Crippen molar-refractivity contribution in [2.75, 3.05) is 11.9 Å². The Hall–Kier alpha value is -2.27. The average Bonchev–Trinajstić information content (AvgIpc) is 3.33. The highest BCUT2D eigenvalue weighted by molar-refractivity contribution is 7.15. The van der Waals surface area contributed by atoms with Gasteiger partial charge in [0.2, 0.25) is 0 Å². The number of hydrogen-bond donors (Lipinski definition) is 3. The smallest absolute Gasteiger partial charge is 0.314 e. The summed E-state index contributed by atoms with van der Waals surface area (Å²) in [7, 11) is -2.52. The van der Waals surface area contributed by atoms with E-state index in [2.05, 4.69) is 25.5 Å². The number of aromatic amines is 1. The van der Waals surface area contributed by atoms with E-state index in [0.29, 0.717) is 41.4 Å². The minimum absolute atomic E-state index is 0.281. The zero-order valence-electron chi connectivity index (χ0n) is 20.7. The molecule has 188 valence electrons. The van der Waals surface area contributed by atoms with Gasteiger partial charge < -0.3 is 14.8 Å². The van der Waals surface area contributed by atoms with E-state index in [4.69, 9.17) is 16.3 Å². The molecule has 4 rings (SSSR count). The number of ether oxygens (including phenoxy) is 1. The number of hydrogen-bond acceptors (Lipinski definition) is 8. The second kappa shape index (κ2) is 10.0. The van der Waals surface area contributed by atoms with Gasteiger partial charge in [0.05, 0.1) is 23.6 Å². The molecule has 1 atom stereocenters. The van der Waals surface area contributed by atoms with E-state index < -0.39 is 14.2 Å². The first-order valence-electron chi connectivity index (χ1n) is 11.8. The standard InChI is InChI=1S/C24H32ClN5O3SSi/c1-6-33-23(31)15(12-24(2,3)35(4,5)32)18-9-10-19(34-18)22-26-13-16(25)21(28-22)27-20-11-17(29-30-20)14-7-8-14/h9-11,13-15,32H,6-8,12H2,1-5H3,(H2,26,27,28,29,30). The van der Waals surface area contributed by atoms with Crippen molar-refractivity contribution in [3.05, 3.63) is 40.0 Å². The maximum Gasteiger partial charge on any atom is 0.314 e. The Kier molecular flexibility index (Phi) is 7.38. The minimum Gasteiger partial charge on any atom is -0.465 e. The largest absolute Gasteiger partial charge is 0.465 e. The number of aromatic nitrogens is 4. The molecule has 11 heteroatoms. The molecule has 0 amide bonds. The highest BCUT2D eigenvalue weighted by Crippen LogP contribution is 2.46. The number of thiophene rings is 1. The molecular formula is C24H32ClN5O3SSi. The van der Waals surface area contributed by atoms with E-state index in [1.54, 1.807) is 13.1 Å². The summed E-state index contributed by atoms with van der Waals surface area (Å²) < 4.78 is 5.39. The molecule has 0 aromatic carbocycles. The molecule has 8 nitrogen and oxygen atoms in total. The molecule has 0 spiro atoms. The van der Waals surface area contributed by atoms with E-state index in [0.717, 1.165) is 15.4 Å². The molecule has 3 aromatic rings. The fraction of sp³-hybridized carbons (Fsp3) is 0.500. The number of carbonyl (C=O) groups excluding carboxylic acids is 1. The van der Waals surface area contributed by atoms with Crippen LogP contribution in [-0.4, -0.2) is 45.9 Å². The summed E-state index contributed by atoms with van der Waals surface area (Å²) in [6.45, 7) is 9.94. The first-order chi connectivity index (χ1) is 16.5. The molecule has 0 aliphatic heterocycles. The minimum atomic E-state index is -2.52. The fourth-order valence-electron chi connectivity index (χ4n) is 3.66. The summed E-state index contributed by atoms with van der Waals surface area (Å²) in [6.07, 6.45) is 4.43. The molecule has 1 unspecified atom stereocenters. The molecule has 1 aliphatic carbocycles. The Morgan fingerprint density at radius 3 is 2.80 bits per heavy atom. The lowest BCUT2D eigenvalue weighted by Crippen LogP contribution is -2.40. The summed E-state index contributed by atoms with van der Waals surface area (Å²) in [5, 5.41) is 10.6. The third kappa shape index (κ3) is 5.94. The van der Waals surface area contributed by atoms with E-state index in [9.17, 15) is 9.59 Å². The van der Waals surface area contributed by atoms with Gasteiger partial charge in [0.15, 0.2) is 25.8 Å². The quantitative estimate of drug-likeness (QED) is 0.209. The first kappa shape index (κ1) is 25.8. The number of esters is 1. The summed E-state index contributed by atoms with van der Waals surface area (Å²) in [5.74, 6) is 1.44. The topological polar surface area (TPSA) is 113 Å². The van der Waals surface area contributed by atoms with Gasteiger partial charge >= 0.3 is 5.97 Å². The molecule has 1 saturated carbocycles. The molecule has 0 saturated heterocycles. The van der Waals surface area contributed by atoms with Crippen molar-refractivity contribution >= 4 is 48.9 Å². The fourth-order valence-corrected chi connectivity index (χ4v) is 5.54. The van der Waals surface area contributed by atoms with Gasteiger partial charge in [-0.05, 0) is 56.5 Å². The third-order valence-electron chi connectivity index (χ3n) is 6.74. The Labute approximate surface area is 215 Å². The summed E-state index contributed by atoms with van der Waals surface area (Å²) in [4.78, 5) is 34.4. The van der Waals surface area contributed by atoms with Gasteiger partial charge in [-0.3, -0.25) is 9.89 Å². The molecule has 0 bridgehead atoms. The second-order valence-electron chi connectivity index (χ2n) is 10.2. The van der Waals surface area contributed by atoms with Gasteiger partial charge in [-0.25, -0.2) is 9.97 Å². The number of rotatable bonds is 10. The van der Waals surface area contributed by atoms with Gasteiger partial charge in [0.25, 0.3) is 0 Å². The highest BCUT2D eigenvalue weighted by atomic mass is 35.5. The van der Waals surface area contributed by atoms with E-state index in [1.807, 2.05) is 45.1 Å². The van der Waals surface area contributed by atoms with Crippen LogP contribution in [0.3, 0.4) is 0 Å². The summed E-state index contributed by atoms with van der Waals surface area (Å²) >= 11 is 7.81. The molecule has 3 aromatic heterocycles. The zero-order valence-corrected chi connectivity index (χ0v) is 23.3. The van der Waals surface area contributed by atoms with Crippen molar-refractivity contribution in [3.8, 4) is 10.7 Å². The van der Waals surface area contributed by atoms with Crippen LogP contribution in [0.1, 0.15) is 62.4 Å². The predicted octanol–water partition coefficient (Wildman–Crippen LogP) is 6.22. The van der Waals surface area contributed by atoms with Crippen molar-refractivity contribution in [2.24, 2.45) is 0 Å². The van der Waals surface area contributed by atoms with Crippen LogP contribution in [0, 0.1) is 0 Å². The van der Waals surface area contributed by atoms with Crippen LogP contribution in [0.5, 0.6) is 0 Å². The Bertz CT molecular complexity index is 1200. The van der Waals surface area contributed by atoms with Gasteiger partial charge in [-0.2, -0.15) is 5.10 Å². The van der Waals surface area contributed by atoms with Crippen LogP contribution < -0.4 is 5.32 Å². The van der Waals surface area contributed by atoms with Crippen LogP contribution >= 0.6 is 22.9 Å². The van der Waals surface area contributed by atoms with Crippen LogP contribution in [0.25, 0.3) is 10.7 Å². The molecule has 3 heterocycles. The molecule has 35 heavy (non-hydrogen) atoms. The van der Waals surface area contributed by atoms with Crippen LogP contribution in [0.2, 0.25) is 23.2 Å². The SMILES string of the molecule is CCOC(=O)C(CC(C)(C)[Si](C)(C)O)c1ccc(-c2ncc(Cl)c(Nc3cc(C4CC4)[nH]n3)n2)s1. The van der Waals surface area contributed by atoms with Gasteiger partial charge in [-0.1, -0.05) is 25.4 Å². The maximum absolute atomic E-state index is 12.9. The van der Waals surface area contributed by atoms with E-state index in [1.165, 1.54) is 24.2 Å². The summed E-state index contributed by atoms with van der Waals surface area (Å²) in [6, 6.07) is 5.81. The van der Waals surface area contributed by atoms with E-state index >= 15 is 0 Å². The number of nitrogens with one attached hydrogen (secondary N) is 2. The Morgan fingerprint density at radius 2 is 2.14 bits per heavy atom. The monoisotopic (exact) mass is 533 g/mol. The highest BCUT2D eigenvalue weighted by Gasteiger charge is 2.42. The van der Waals surface area contributed by atoms with Gasteiger partial charge in [-0.15, -0.1) is 11.3 Å². The average molecular weight is 534 g/mol. The number of halogens is 1. The van der Waals surface area contributed by atoms with Crippen LogP contribution in [0.4, 0.5) is 11.6 Å². The lowest BCUT2D eigenvalue weighted by molar-refractivity contribution is -0.145. The molecule has 3 N–H and O–H groups in total. The number of H-pyrrole nitrogens is 1.